The van der Waals surface area contributed by atoms with Crippen molar-refractivity contribution in [1.82, 2.24) is 9.97 Å². The molecule has 0 atom stereocenters. The number of hydrogen-bond acceptors (Lipinski definition) is 10. The number of esters is 2. The van der Waals surface area contributed by atoms with Gasteiger partial charge in [-0.2, -0.15) is 0 Å². The van der Waals surface area contributed by atoms with Crippen LogP contribution in [0.2, 0.25) is 15.2 Å². The Balaban J connectivity index is 0.000000181. The van der Waals surface area contributed by atoms with E-state index in [-0.39, 0.29) is 46.5 Å². The number of pyridine rings is 2. The largest absolute Gasteiger partial charge is 0.494 e. The number of carbonyl (C=O) groups excluding carboxylic acids is 2. The highest BCUT2D eigenvalue weighted by atomic mass is 35.5. The summed E-state index contributed by atoms with van der Waals surface area (Å²) in [6.45, 7) is 8.11. The number of halogens is 5. The van der Waals surface area contributed by atoms with Crippen molar-refractivity contribution >= 4 is 59.3 Å². The molecule has 1 saturated heterocycles. The second kappa shape index (κ2) is 20.1. The molecule has 1 aliphatic heterocycles. The Bertz CT molecular complexity index is 2370. The van der Waals surface area contributed by atoms with Crippen molar-refractivity contribution in [2.45, 2.75) is 38.9 Å². The number of aromatic nitrogens is 2. The van der Waals surface area contributed by atoms with E-state index in [9.17, 15) is 18.4 Å². The number of nitrogens with zero attached hydrogens (tertiary/aromatic N) is 2. The van der Waals surface area contributed by atoms with E-state index in [1.165, 1.54) is 56.7 Å². The molecule has 4 aromatic carbocycles. The van der Waals surface area contributed by atoms with E-state index >= 15 is 0 Å². The Morgan fingerprint density at radius 3 is 1.37 bits per heavy atom. The van der Waals surface area contributed by atoms with Gasteiger partial charge < -0.3 is 28.3 Å². The summed E-state index contributed by atoms with van der Waals surface area (Å²) in [6.07, 6.45) is 0. The van der Waals surface area contributed by atoms with Crippen molar-refractivity contribution in [3.63, 3.8) is 0 Å². The van der Waals surface area contributed by atoms with E-state index < -0.39 is 11.9 Å². The van der Waals surface area contributed by atoms with E-state index in [1.54, 1.807) is 54.6 Å². The molecule has 310 valence electrons. The summed E-state index contributed by atoms with van der Waals surface area (Å²) in [6, 6.07) is 32.2. The highest BCUT2D eigenvalue weighted by Gasteiger charge is 2.51. The summed E-state index contributed by atoms with van der Waals surface area (Å²) >= 11 is 17.2. The molecular formula is C44H38BCl3F2N2O8. The summed E-state index contributed by atoms with van der Waals surface area (Å²) in [5.74, 6) is 0.671. The van der Waals surface area contributed by atoms with Gasteiger partial charge in [-0.1, -0.05) is 46.9 Å². The van der Waals surface area contributed by atoms with E-state index in [0.717, 1.165) is 11.0 Å². The van der Waals surface area contributed by atoms with Crippen LogP contribution >= 0.6 is 34.8 Å². The number of hydrogen-bond donors (Lipinski definition) is 0. The van der Waals surface area contributed by atoms with Crippen LogP contribution in [0.4, 0.5) is 8.78 Å². The minimum Gasteiger partial charge on any atom is -0.464 e. The fourth-order valence-electron chi connectivity index (χ4n) is 5.17. The molecule has 0 radical (unpaired) electrons. The molecule has 0 unspecified atom stereocenters. The minimum atomic E-state index is -0.556. The Hall–Kier alpha value is -5.57. The van der Waals surface area contributed by atoms with Crippen LogP contribution in [0.5, 0.6) is 23.0 Å². The molecule has 1 aliphatic rings. The van der Waals surface area contributed by atoms with Crippen LogP contribution in [0, 0.1) is 11.6 Å². The maximum absolute atomic E-state index is 12.9. The van der Waals surface area contributed by atoms with Gasteiger partial charge in [-0.15, -0.1) is 0 Å². The molecule has 3 heterocycles. The number of rotatable bonds is 8. The molecule has 1 fully saturated rings. The third-order valence-corrected chi connectivity index (χ3v) is 9.62. The summed E-state index contributed by atoms with van der Waals surface area (Å²) in [5, 5.41) is 0.912. The zero-order valence-electron chi connectivity index (χ0n) is 33.2. The van der Waals surface area contributed by atoms with Gasteiger partial charge in [0.15, 0.2) is 11.4 Å². The average molecular weight is 878 g/mol. The van der Waals surface area contributed by atoms with Crippen molar-refractivity contribution in [2.75, 3.05) is 14.2 Å². The van der Waals surface area contributed by atoms with Crippen molar-refractivity contribution in [1.29, 1.82) is 0 Å². The lowest BCUT2D eigenvalue weighted by Crippen LogP contribution is -2.41. The first-order chi connectivity index (χ1) is 28.4. The topological polar surface area (TPSA) is 115 Å². The monoisotopic (exact) mass is 876 g/mol. The van der Waals surface area contributed by atoms with E-state index in [2.05, 4.69) is 19.4 Å². The fraction of sp³-hybridized carbons (Fsp3) is 0.182. The van der Waals surface area contributed by atoms with Gasteiger partial charge in [-0.25, -0.2) is 28.3 Å². The number of methoxy groups -OCH3 is 2. The van der Waals surface area contributed by atoms with Crippen LogP contribution in [0.3, 0.4) is 0 Å². The normalized spacial score (nSPS) is 13.5. The van der Waals surface area contributed by atoms with Gasteiger partial charge in [0.05, 0.1) is 31.1 Å². The third-order valence-electron chi connectivity index (χ3n) is 8.99. The maximum Gasteiger partial charge on any atom is 0.494 e. The number of benzene rings is 4. The average Bonchev–Trinajstić information content (AvgIpc) is 3.45. The van der Waals surface area contributed by atoms with Gasteiger partial charge in [0.2, 0.25) is 0 Å². The van der Waals surface area contributed by atoms with Crippen molar-refractivity contribution in [3.05, 3.63) is 160 Å². The van der Waals surface area contributed by atoms with Crippen molar-refractivity contribution in [3.8, 4) is 34.3 Å². The van der Waals surface area contributed by atoms with Gasteiger partial charge in [-0.3, -0.25) is 0 Å². The summed E-state index contributed by atoms with van der Waals surface area (Å²) in [5.41, 5.74) is 1.77. The zero-order chi connectivity index (χ0) is 43.6. The number of ether oxygens (including phenoxy) is 4. The highest BCUT2D eigenvalue weighted by molar-refractivity contribution is 6.62. The Labute approximate surface area is 361 Å². The lowest BCUT2D eigenvalue weighted by Gasteiger charge is -2.32. The molecule has 2 aromatic heterocycles. The van der Waals surface area contributed by atoms with Crippen LogP contribution in [-0.4, -0.2) is 54.4 Å². The standard InChI is InChI=1S/C19H13ClFNO3.C18H20BFO3.C7H5Cl2NO2/c1-24-19(23)18-11-13(20)10-17(22-18)12-2-6-15(7-3-12)25-16-8-4-14(21)5-9-16;1-17(2)18(3,4)23-19(22-17)13-5-9-15(10-6-13)21-16-11-7-14(20)8-12-16;1-12-7(11)5-2-4(8)3-6(9)10-5/h2-11H,1H3;5-12H,1-4H3;2-3H,1H3. The molecule has 60 heavy (non-hydrogen) atoms. The number of carbonyl (C=O) groups is 2. The smallest absolute Gasteiger partial charge is 0.464 e. The Kier molecular flexibility index (Phi) is 15.3. The van der Waals surface area contributed by atoms with Crippen molar-refractivity contribution in [2.24, 2.45) is 0 Å². The van der Waals surface area contributed by atoms with Crippen LogP contribution in [0.15, 0.2) is 121 Å². The molecule has 0 bridgehead atoms. The van der Waals surface area contributed by atoms with E-state index in [0.29, 0.717) is 38.7 Å². The van der Waals surface area contributed by atoms with Crippen LogP contribution < -0.4 is 14.9 Å². The van der Waals surface area contributed by atoms with Gasteiger partial charge in [0, 0.05) is 15.6 Å². The highest BCUT2D eigenvalue weighted by Crippen LogP contribution is 2.36. The lowest BCUT2D eigenvalue weighted by molar-refractivity contribution is 0.00578. The van der Waals surface area contributed by atoms with Gasteiger partial charge in [0.1, 0.15) is 39.8 Å². The molecule has 16 heteroatoms. The second-order valence-corrected chi connectivity index (χ2v) is 15.1. The lowest BCUT2D eigenvalue weighted by atomic mass is 9.79. The first kappa shape index (κ1) is 45.5. The molecule has 0 spiro atoms. The maximum atomic E-state index is 12.9. The predicted octanol–water partition coefficient (Wildman–Crippen LogP) is 11.2. The molecule has 0 amide bonds. The third kappa shape index (κ3) is 12.5. The first-order valence-corrected chi connectivity index (χ1v) is 19.2. The van der Waals surface area contributed by atoms with E-state index in [1.807, 2.05) is 52.0 Å². The fourth-order valence-corrected chi connectivity index (χ4v) is 5.85. The molecule has 0 saturated carbocycles. The molecule has 7 rings (SSSR count). The van der Waals surface area contributed by atoms with Crippen LogP contribution in [0.25, 0.3) is 11.3 Å². The summed E-state index contributed by atoms with van der Waals surface area (Å²) in [7, 11) is 2.16. The molecule has 0 N–H and O–H groups in total. The molecule has 0 aliphatic carbocycles. The van der Waals surface area contributed by atoms with Gasteiger partial charge in [0.25, 0.3) is 0 Å². The molecule has 6 aromatic rings. The van der Waals surface area contributed by atoms with Crippen molar-refractivity contribution < 1.29 is 46.6 Å². The first-order valence-electron chi connectivity index (χ1n) is 18.1. The van der Waals surface area contributed by atoms with Gasteiger partial charge >= 0.3 is 19.1 Å². The quantitative estimate of drug-likeness (QED) is 0.0831. The molecular weight excluding hydrogens is 840 g/mol. The molecule has 10 nitrogen and oxygen atoms in total. The van der Waals surface area contributed by atoms with Crippen LogP contribution in [-0.2, 0) is 18.8 Å². The Morgan fingerprint density at radius 1 is 0.567 bits per heavy atom. The van der Waals surface area contributed by atoms with Gasteiger partial charge in [-0.05, 0) is 142 Å². The second-order valence-electron chi connectivity index (χ2n) is 13.8. The summed E-state index contributed by atoms with van der Waals surface area (Å²) in [4.78, 5) is 30.5. The SMILES string of the molecule is CC1(C)OB(c2ccc(Oc3ccc(F)cc3)cc2)OC1(C)C.COC(=O)c1cc(Cl)cc(-c2ccc(Oc3ccc(F)cc3)cc2)n1.COC(=O)c1cc(Cl)cc(Cl)n1. The zero-order valence-corrected chi connectivity index (χ0v) is 35.4. The minimum absolute atomic E-state index is 0.106. The Morgan fingerprint density at radius 2 is 0.950 bits per heavy atom. The predicted molar refractivity (Wildman–Crippen MR) is 227 cm³/mol. The van der Waals surface area contributed by atoms with Crippen LogP contribution in [0.1, 0.15) is 48.7 Å². The summed E-state index contributed by atoms with van der Waals surface area (Å²) < 4.78 is 58.3. The van der Waals surface area contributed by atoms with E-state index in [4.69, 9.17) is 53.6 Å².